The minimum Gasteiger partial charge on any atom is -0.457 e. The fraction of sp³-hybridized carbons (Fsp3) is 0.143. The Morgan fingerprint density at radius 3 is 2.48 bits per heavy atom. The summed E-state index contributed by atoms with van der Waals surface area (Å²) in [5.41, 5.74) is 0.604. The highest BCUT2D eigenvalue weighted by Gasteiger charge is 2.30. The number of aromatic nitrogens is 1. The molecule has 0 unspecified atom stereocenters. The molecule has 0 aliphatic carbocycles. The molecule has 3 rings (SSSR count). The van der Waals surface area contributed by atoms with Crippen molar-refractivity contribution in [2.24, 2.45) is 0 Å². The van der Waals surface area contributed by atoms with E-state index in [1.54, 1.807) is 6.07 Å². The summed E-state index contributed by atoms with van der Waals surface area (Å²) in [5, 5.41) is 0.733. The minimum atomic E-state index is -4.40. The topological polar surface area (TPSA) is 39.2 Å². The van der Waals surface area contributed by atoms with Crippen molar-refractivity contribution in [2.75, 3.05) is 0 Å². The molecule has 0 aliphatic rings. The van der Waals surface area contributed by atoms with E-state index in [2.05, 4.69) is 11.6 Å². The molecule has 3 aromatic rings. The van der Waals surface area contributed by atoms with Crippen molar-refractivity contribution < 1.29 is 22.7 Å². The first-order chi connectivity index (χ1) is 12.9. The van der Waals surface area contributed by atoms with Gasteiger partial charge in [-0.3, -0.25) is 9.78 Å². The van der Waals surface area contributed by atoms with Crippen LogP contribution in [0.15, 0.2) is 67.3 Å². The smallest absolute Gasteiger partial charge is 0.416 e. The highest BCUT2D eigenvalue weighted by Crippen LogP contribution is 2.33. The lowest BCUT2D eigenvalue weighted by Gasteiger charge is -2.12. The third kappa shape index (κ3) is 4.53. The Balaban J connectivity index is 1.92. The first-order valence-corrected chi connectivity index (χ1v) is 8.26. The molecule has 1 heterocycles. The number of carbonyl (C=O) groups excluding carboxylic acids is 1. The van der Waals surface area contributed by atoms with Gasteiger partial charge in [0.15, 0.2) is 5.78 Å². The number of nitrogens with zero attached hydrogens (tertiary/aromatic N) is 1. The average molecular weight is 371 g/mol. The van der Waals surface area contributed by atoms with Crippen molar-refractivity contribution in [3.8, 4) is 11.5 Å². The lowest BCUT2D eigenvalue weighted by molar-refractivity contribution is -0.137. The summed E-state index contributed by atoms with van der Waals surface area (Å²) in [6.45, 7) is 3.45. The normalized spacial score (nSPS) is 11.4. The first kappa shape index (κ1) is 18.6. The number of ketones is 1. The fourth-order valence-electron chi connectivity index (χ4n) is 2.60. The predicted molar refractivity (Wildman–Crippen MR) is 96.8 cm³/mol. The molecular weight excluding hydrogens is 355 g/mol. The van der Waals surface area contributed by atoms with Gasteiger partial charge in [-0.15, -0.1) is 0 Å². The van der Waals surface area contributed by atoms with Crippen LogP contribution in [0.2, 0.25) is 0 Å². The molecule has 2 aromatic carbocycles. The number of rotatable bonds is 6. The number of aryl methyl sites for hydroxylation is 1. The largest absolute Gasteiger partial charge is 0.457 e. The van der Waals surface area contributed by atoms with Crippen molar-refractivity contribution in [1.82, 2.24) is 4.98 Å². The molecule has 0 fully saturated rings. The Morgan fingerprint density at radius 1 is 1.11 bits per heavy atom. The maximum absolute atomic E-state index is 12.7. The molecule has 3 nitrogen and oxygen atoms in total. The summed E-state index contributed by atoms with van der Waals surface area (Å²) in [4.78, 5) is 16.0. The number of benzene rings is 2. The molecular formula is C21H16F3NO2. The second-order valence-electron chi connectivity index (χ2n) is 5.92. The number of fused-ring (bicyclic) bond motifs is 1. The fourth-order valence-corrected chi connectivity index (χ4v) is 2.60. The van der Waals surface area contributed by atoms with E-state index in [4.69, 9.17) is 4.74 Å². The van der Waals surface area contributed by atoms with Gasteiger partial charge in [-0.25, -0.2) is 0 Å². The molecule has 0 radical (unpaired) electrons. The second-order valence-corrected chi connectivity index (χ2v) is 5.92. The molecule has 0 bridgehead atoms. The van der Waals surface area contributed by atoms with E-state index in [9.17, 15) is 18.0 Å². The number of hydrogen-bond donors (Lipinski definition) is 0. The number of allylic oxidation sites excluding steroid dienone is 1. The molecule has 0 atom stereocenters. The average Bonchev–Trinajstić information content (AvgIpc) is 2.66. The standard InChI is InChI=1S/C21H16F3NO2/c1-2-16(26)10-9-15-13-20(18-5-3-4-6-19(18)25-15)27-17-11-7-14(8-12-17)21(22,23)24/h2-8,11-13H,1,9-10H2. The summed E-state index contributed by atoms with van der Waals surface area (Å²) in [6, 6.07) is 13.5. The highest BCUT2D eigenvalue weighted by molar-refractivity contribution is 5.89. The lowest BCUT2D eigenvalue weighted by Crippen LogP contribution is -2.04. The summed E-state index contributed by atoms with van der Waals surface area (Å²) < 4.78 is 43.9. The van der Waals surface area contributed by atoms with Gasteiger partial charge >= 0.3 is 6.18 Å². The molecule has 0 saturated heterocycles. The number of alkyl halides is 3. The van der Waals surface area contributed by atoms with Gasteiger partial charge in [0.2, 0.25) is 0 Å². The third-order valence-corrected chi connectivity index (χ3v) is 4.00. The number of halogens is 3. The third-order valence-electron chi connectivity index (χ3n) is 4.00. The van der Waals surface area contributed by atoms with Gasteiger partial charge in [0.1, 0.15) is 11.5 Å². The quantitative estimate of drug-likeness (QED) is 0.519. The lowest BCUT2D eigenvalue weighted by atomic mass is 10.1. The van der Waals surface area contributed by atoms with E-state index in [-0.39, 0.29) is 18.0 Å². The Bertz CT molecular complexity index is 979. The van der Waals surface area contributed by atoms with Crippen molar-refractivity contribution in [3.05, 3.63) is 78.5 Å². The second kappa shape index (κ2) is 7.61. The number of para-hydroxylation sites is 1. The van der Waals surface area contributed by atoms with Crippen LogP contribution in [-0.2, 0) is 17.4 Å². The Labute approximate surface area is 154 Å². The van der Waals surface area contributed by atoms with Crippen LogP contribution in [0.25, 0.3) is 10.9 Å². The van der Waals surface area contributed by atoms with Crippen LogP contribution in [-0.4, -0.2) is 10.8 Å². The maximum atomic E-state index is 12.7. The first-order valence-electron chi connectivity index (χ1n) is 8.26. The van der Waals surface area contributed by atoms with Crippen LogP contribution in [0.5, 0.6) is 11.5 Å². The van der Waals surface area contributed by atoms with Gasteiger partial charge in [-0.05, 0) is 48.9 Å². The summed E-state index contributed by atoms with van der Waals surface area (Å²) in [7, 11) is 0. The van der Waals surface area contributed by atoms with Gasteiger partial charge in [0.25, 0.3) is 0 Å². The van der Waals surface area contributed by atoms with E-state index in [1.807, 2.05) is 24.3 Å². The predicted octanol–water partition coefficient (Wildman–Crippen LogP) is 5.73. The number of hydrogen-bond acceptors (Lipinski definition) is 3. The summed E-state index contributed by atoms with van der Waals surface area (Å²) >= 11 is 0. The van der Waals surface area contributed by atoms with E-state index < -0.39 is 11.7 Å². The zero-order chi connectivity index (χ0) is 19.4. The number of pyridine rings is 1. The molecule has 27 heavy (non-hydrogen) atoms. The van der Waals surface area contributed by atoms with E-state index >= 15 is 0 Å². The Hall–Kier alpha value is -3.15. The van der Waals surface area contributed by atoms with Gasteiger partial charge in [0.05, 0.1) is 11.1 Å². The van der Waals surface area contributed by atoms with Gasteiger partial charge < -0.3 is 4.74 Å². The molecule has 138 valence electrons. The van der Waals surface area contributed by atoms with Gasteiger partial charge in [-0.1, -0.05) is 18.7 Å². The zero-order valence-corrected chi connectivity index (χ0v) is 14.3. The van der Waals surface area contributed by atoms with E-state index in [1.165, 1.54) is 18.2 Å². The van der Waals surface area contributed by atoms with Crippen molar-refractivity contribution in [3.63, 3.8) is 0 Å². The van der Waals surface area contributed by atoms with Crippen LogP contribution in [0.3, 0.4) is 0 Å². The molecule has 0 N–H and O–H groups in total. The maximum Gasteiger partial charge on any atom is 0.416 e. The van der Waals surface area contributed by atoms with Crippen LogP contribution >= 0.6 is 0 Å². The molecule has 0 saturated carbocycles. The summed E-state index contributed by atoms with van der Waals surface area (Å²) in [5.74, 6) is 0.670. The van der Waals surface area contributed by atoms with Crippen molar-refractivity contribution >= 4 is 16.7 Å². The SMILES string of the molecule is C=CC(=O)CCc1cc(Oc2ccc(C(F)(F)F)cc2)c2ccccc2n1. The highest BCUT2D eigenvalue weighted by atomic mass is 19.4. The number of ether oxygens (including phenoxy) is 1. The number of carbonyl (C=O) groups is 1. The monoisotopic (exact) mass is 371 g/mol. The van der Waals surface area contributed by atoms with Crippen LogP contribution in [0.1, 0.15) is 17.7 Å². The molecule has 0 spiro atoms. The van der Waals surface area contributed by atoms with E-state index in [0.29, 0.717) is 23.4 Å². The van der Waals surface area contributed by atoms with E-state index in [0.717, 1.165) is 17.5 Å². The van der Waals surface area contributed by atoms with Crippen molar-refractivity contribution in [2.45, 2.75) is 19.0 Å². The minimum absolute atomic E-state index is 0.0878. The Morgan fingerprint density at radius 2 is 1.81 bits per heavy atom. The molecule has 1 aromatic heterocycles. The van der Waals surface area contributed by atoms with Crippen molar-refractivity contribution in [1.29, 1.82) is 0 Å². The van der Waals surface area contributed by atoms with Gasteiger partial charge in [-0.2, -0.15) is 13.2 Å². The molecule has 0 amide bonds. The van der Waals surface area contributed by atoms with Crippen LogP contribution < -0.4 is 4.74 Å². The van der Waals surface area contributed by atoms with Crippen LogP contribution in [0, 0.1) is 0 Å². The summed E-state index contributed by atoms with van der Waals surface area (Å²) in [6.07, 6.45) is -2.44. The van der Waals surface area contributed by atoms with Gasteiger partial charge in [0, 0.05) is 23.6 Å². The molecule has 0 aliphatic heterocycles. The Kier molecular flexibility index (Phi) is 5.26. The van der Waals surface area contributed by atoms with Crippen LogP contribution in [0.4, 0.5) is 13.2 Å². The molecule has 6 heteroatoms. The zero-order valence-electron chi connectivity index (χ0n) is 14.3.